The first-order valence-corrected chi connectivity index (χ1v) is 8.15. The molecule has 0 bridgehead atoms. The first-order chi connectivity index (χ1) is 11.1. The van der Waals surface area contributed by atoms with Gasteiger partial charge in [0.2, 0.25) is 0 Å². The predicted octanol–water partition coefficient (Wildman–Crippen LogP) is 6.31. The molecule has 0 radical (unpaired) electrons. The van der Waals surface area contributed by atoms with E-state index in [-0.39, 0.29) is 0 Å². The third-order valence-electron chi connectivity index (χ3n) is 4.63. The topological polar surface area (TPSA) is 13.1 Å². The van der Waals surface area contributed by atoms with E-state index in [1.807, 2.05) is 18.4 Å². The zero-order valence-corrected chi connectivity index (χ0v) is 13.9. The zero-order valence-electron chi connectivity index (χ0n) is 13.2. The summed E-state index contributed by atoms with van der Waals surface area (Å²) in [5, 5.41) is 0.763. The van der Waals surface area contributed by atoms with E-state index in [9.17, 15) is 0 Å². The molecule has 0 spiro atoms. The van der Waals surface area contributed by atoms with E-state index >= 15 is 0 Å². The first kappa shape index (κ1) is 14.3. The highest BCUT2D eigenvalue weighted by molar-refractivity contribution is 6.30. The van der Waals surface area contributed by atoms with Crippen molar-refractivity contribution < 1.29 is 4.42 Å². The molecule has 1 nitrogen and oxygen atoms in total. The molecule has 0 saturated heterocycles. The van der Waals surface area contributed by atoms with Crippen LogP contribution < -0.4 is 0 Å². The number of hydrogen-bond acceptors (Lipinski definition) is 1. The Morgan fingerprint density at radius 3 is 2.48 bits per heavy atom. The molecular weight excluding hydrogens is 304 g/mol. The van der Waals surface area contributed by atoms with Crippen molar-refractivity contribution in [1.82, 2.24) is 0 Å². The van der Waals surface area contributed by atoms with Gasteiger partial charge in [0.1, 0.15) is 5.76 Å². The van der Waals surface area contributed by atoms with E-state index in [4.69, 9.17) is 16.0 Å². The van der Waals surface area contributed by atoms with Crippen molar-refractivity contribution in [3.05, 3.63) is 81.8 Å². The quantitative estimate of drug-likeness (QED) is 0.539. The maximum atomic E-state index is 6.02. The minimum atomic E-state index is 0.763. The Hall–Kier alpha value is -2.25. The van der Waals surface area contributed by atoms with E-state index in [0.717, 1.165) is 17.2 Å². The van der Waals surface area contributed by atoms with Crippen LogP contribution in [-0.2, 0) is 6.42 Å². The maximum absolute atomic E-state index is 6.02. The van der Waals surface area contributed by atoms with Gasteiger partial charge in [-0.2, -0.15) is 0 Å². The molecule has 2 heteroatoms. The van der Waals surface area contributed by atoms with Crippen LogP contribution in [0, 0.1) is 13.8 Å². The molecule has 1 aliphatic rings. The molecule has 23 heavy (non-hydrogen) atoms. The molecule has 0 N–H and O–H groups in total. The lowest BCUT2D eigenvalue weighted by atomic mass is 9.97. The van der Waals surface area contributed by atoms with Crippen LogP contribution in [0.4, 0.5) is 0 Å². The third kappa shape index (κ3) is 2.42. The van der Waals surface area contributed by atoms with Crippen molar-refractivity contribution in [1.29, 1.82) is 0 Å². The largest absolute Gasteiger partial charge is 0.464 e. The predicted molar refractivity (Wildman–Crippen MR) is 96.6 cm³/mol. The van der Waals surface area contributed by atoms with Gasteiger partial charge in [-0.05, 0) is 65.4 Å². The van der Waals surface area contributed by atoms with Gasteiger partial charge in [-0.25, -0.2) is 0 Å². The average molecular weight is 321 g/mol. The number of hydrogen-bond donors (Lipinski definition) is 0. The molecule has 3 aromatic rings. The second-order valence-corrected chi connectivity index (χ2v) is 6.54. The summed E-state index contributed by atoms with van der Waals surface area (Å²) in [6, 6.07) is 14.5. The third-order valence-corrected chi connectivity index (χ3v) is 4.88. The van der Waals surface area contributed by atoms with Crippen LogP contribution in [0.5, 0.6) is 0 Å². The number of rotatable bonds is 2. The van der Waals surface area contributed by atoms with Crippen LogP contribution in [0.25, 0.3) is 22.8 Å². The number of furan rings is 1. The molecule has 0 atom stereocenters. The second kappa shape index (κ2) is 5.43. The van der Waals surface area contributed by atoms with Crippen LogP contribution in [0.2, 0.25) is 5.02 Å². The van der Waals surface area contributed by atoms with Gasteiger partial charge in [-0.1, -0.05) is 41.9 Å². The van der Waals surface area contributed by atoms with E-state index < -0.39 is 0 Å². The Bertz CT molecular complexity index is 914. The van der Waals surface area contributed by atoms with Crippen LogP contribution in [0.15, 0.2) is 53.1 Å². The normalized spacial score (nSPS) is 13.1. The van der Waals surface area contributed by atoms with E-state index in [0.29, 0.717) is 0 Å². The van der Waals surface area contributed by atoms with Gasteiger partial charge in [-0.3, -0.25) is 0 Å². The molecule has 1 aliphatic carbocycles. The van der Waals surface area contributed by atoms with Gasteiger partial charge >= 0.3 is 0 Å². The lowest BCUT2D eigenvalue weighted by Crippen LogP contribution is -1.88. The SMILES string of the molecule is Cc1coc(C2=Cc3c(cccc3-c3ccc(Cl)cc3)C2)c1C. The fourth-order valence-corrected chi connectivity index (χ4v) is 3.34. The minimum Gasteiger partial charge on any atom is -0.464 e. The smallest absolute Gasteiger partial charge is 0.133 e. The molecule has 1 heterocycles. The Balaban J connectivity index is 1.82. The second-order valence-electron chi connectivity index (χ2n) is 6.10. The Labute approximate surface area is 141 Å². The highest BCUT2D eigenvalue weighted by Gasteiger charge is 2.21. The highest BCUT2D eigenvalue weighted by atomic mass is 35.5. The number of benzene rings is 2. The van der Waals surface area contributed by atoms with Gasteiger partial charge < -0.3 is 4.42 Å². The summed E-state index contributed by atoms with van der Waals surface area (Å²) < 4.78 is 5.79. The number of halogens is 1. The monoisotopic (exact) mass is 320 g/mol. The molecule has 114 valence electrons. The van der Waals surface area contributed by atoms with Crippen molar-refractivity contribution in [2.24, 2.45) is 0 Å². The maximum Gasteiger partial charge on any atom is 0.133 e. The summed E-state index contributed by atoms with van der Waals surface area (Å²) in [7, 11) is 0. The fourth-order valence-electron chi connectivity index (χ4n) is 3.21. The molecule has 0 unspecified atom stereocenters. The van der Waals surface area contributed by atoms with Crippen molar-refractivity contribution in [2.45, 2.75) is 20.3 Å². The molecule has 1 aromatic heterocycles. The van der Waals surface area contributed by atoms with Gasteiger partial charge in [0.15, 0.2) is 0 Å². The summed E-state index contributed by atoms with van der Waals surface area (Å²) >= 11 is 6.02. The first-order valence-electron chi connectivity index (χ1n) is 7.77. The van der Waals surface area contributed by atoms with Gasteiger partial charge in [0.25, 0.3) is 0 Å². The van der Waals surface area contributed by atoms with Crippen molar-refractivity contribution in [3.63, 3.8) is 0 Å². The molecule has 0 aliphatic heterocycles. The van der Waals surface area contributed by atoms with Gasteiger partial charge in [-0.15, -0.1) is 0 Å². The Morgan fingerprint density at radius 1 is 1.00 bits per heavy atom. The lowest BCUT2D eigenvalue weighted by Gasteiger charge is -2.07. The standard InChI is InChI=1S/C21H17ClO/c1-13-12-23-21(14(13)2)17-10-16-4-3-5-19(20(16)11-17)15-6-8-18(22)9-7-15/h3-9,11-12H,10H2,1-2H3. The van der Waals surface area contributed by atoms with E-state index in [1.165, 1.54) is 39.0 Å². The van der Waals surface area contributed by atoms with Crippen molar-refractivity contribution in [3.8, 4) is 11.1 Å². The van der Waals surface area contributed by atoms with Gasteiger partial charge in [0.05, 0.1) is 6.26 Å². The summed E-state index contributed by atoms with van der Waals surface area (Å²) in [5.74, 6) is 1.01. The molecule has 2 aromatic carbocycles. The van der Waals surface area contributed by atoms with Gasteiger partial charge in [0, 0.05) is 17.0 Å². The van der Waals surface area contributed by atoms with Crippen LogP contribution in [0.3, 0.4) is 0 Å². The molecule has 0 amide bonds. The summed E-state index contributed by atoms with van der Waals surface area (Å²) in [6.07, 6.45) is 5.03. The zero-order chi connectivity index (χ0) is 16.0. The summed E-state index contributed by atoms with van der Waals surface area (Å²) in [4.78, 5) is 0. The summed E-state index contributed by atoms with van der Waals surface area (Å²) in [6.45, 7) is 4.21. The molecule has 0 saturated carbocycles. The Kier molecular flexibility index (Phi) is 3.39. The number of fused-ring (bicyclic) bond motifs is 1. The molecule has 0 fully saturated rings. The van der Waals surface area contributed by atoms with E-state index in [2.05, 4.69) is 50.3 Å². The van der Waals surface area contributed by atoms with Crippen LogP contribution >= 0.6 is 11.6 Å². The molecular formula is C21H17ClO. The van der Waals surface area contributed by atoms with Crippen LogP contribution in [0.1, 0.15) is 28.0 Å². The Morgan fingerprint density at radius 2 is 1.78 bits per heavy atom. The highest BCUT2D eigenvalue weighted by Crippen LogP contribution is 2.39. The summed E-state index contributed by atoms with van der Waals surface area (Å²) in [5.41, 5.74) is 8.77. The number of aryl methyl sites for hydroxylation is 1. The van der Waals surface area contributed by atoms with Crippen LogP contribution in [-0.4, -0.2) is 0 Å². The molecule has 4 rings (SSSR count). The fraction of sp³-hybridized carbons (Fsp3) is 0.143. The van der Waals surface area contributed by atoms with Crippen molar-refractivity contribution in [2.75, 3.05) is 0 Å². The van der Waals surface area contributed by atoms with Crippen molar-refractivity contribution >= 4 is 23.3 Å². The minimum absolute atomic E-state index is 0.763. The lowest BCUT2D eigenvalue weighted by molar-refractivity contribution is 0.548. The van der Waals surface area contributed by atoms with E-state index in [1.54, 1.807) is 0 Å². The average Bonchev–Trinajstić information content (AvgIpc) is 3.12. The number of allylic oxidation sites excluding steroid dienone is 1.